The van der Waals surface area contributed by atoms with Gasteiger partial charge in [-0.15, -0.1) is 0 Å². The fraction of sp³-hybridized carbons (Fsp3) is 0.423. The number of rotatable bonds is 8. The van der Waals surface area contributed by atoms with Crippen molar-refractivity contribution in [2.24, 2.45) is 5.92 Å². The van der Waals surface area contributed by atoms with Crippen molar-refractivity contribution in [3.63, 3.8) is 0 Å². The van der Waals surface area contributed by atoms with Crippen LogP contribution in [0.25, 0.3) is 0 Å². The lowest BCUT2D eigenvalue weighted by Gasteiger charge is -2.29. The normalized spacial score (nSPS) is 12.3. The van der Waals surface area contributed by atoms with E-state index in [0.29, 0.717) is 5.56 Å². The van der Waals surface area contributed by atoms with Crippen LogP contribution < -0.4 is 10.6 Å². The number of hydrogen-bond acceptors (Lipinski definition) is 3. The molecule has 2 aromatic rings. The van der Waals surface area contributed by atoms with E-state index >= 15 is 0 Å². The molecule has 8 heteroatoms. The minimum atomic E-state index is -0.910. The molecule has 0 aliphatic rings. The fourth-order valence-corrected chi connectivity index (χ4v) is 3.37. The van der Waals surface area contributed by atoms with Crippen LogP contribution >= 0.6 is 0 Å². The van der Waals surface area contributed by atoms with Crippen LogP contribution in [0.5, 0.6) is 0 Å². The Bertz CT molecular complexity index is 1010. The second kappa shape index (κ2) is 11.2. The number of carbonyl (C=O) groups excluding carboxylic acids is 3. The van der Waals surface area contributed by atoms with E-state index in [1.807, 2.05) is 12.1 Å². The van der Waals surface area contributed by atoms with Crippen LogP contribution in [0, 0.1) is 17.6 Å². The molecule has 2 aromatic carbocycles. The molecule has 0 heterocycles. The molecule has 1 atom stereocenters. The van der Waals surface area contributed by atoms with Crippen molar-refractivity contribution in [3.05, 3.63) is 65.2 Å². The summed E-state index contributed by atoms with van der Waals surface area (Å²) >= 11 is 0. The van der Waals surface area contributed by atoms with Gasteiger partial charge in [0.2, 0.25) is 11.8 Å². The molecule has 0 aliphatic carbocycles. The minimum Gasteiger partial charge on any atom is -0.340 e. The van der Waals surface area contributed by atoms with Crippen molar-refractivity contribution in [3.8, 4) is 0 Å². The van der Waals surface area contributed by atoms with Gasteiger partial charge in [-0.05, 0) is 48.1 Å². The lowest BCUT2D eigenvalue weighted by Crippen LogP contribution is -2.52. The van der Waals surface area contributed by atoms with Crippen molar-refractivity contribution < 1.29 is 23.2 Å². The number of hydrogen-bond donors (Lipinski definition) is 2. The van der Waals surface area contributed by atoms with Gasteiger partial charge in [0.1, 0.15) is 23.4 Å². The number of nitrogens with one attached hydrogen (secondary N) is 2. The number of carbonyl (C=O) groups is 3. The van der Waals surface area contributed by atoms with Crippen LogP contribution in [0.1, 0.15) is 57.5 Å². The number of halogens is 2. The van der Waals surface area contributed by atoms with Crippen LogP contribution in [0.15, 0.2) is 42.5 Å². The van der Waals surface area contributed by atoms with Crippen molar-refractivity contribution in [1.82, 2.24) is 10.2 Å². The average molecular weight is 474 g/mol. The zero-order chi connectivity index (χ0) is 25.6. The number of anilines is 1. The summed E-state index contributed by atoms with van der Waals surface area (Å²) in [5.41, 5.74) is 0.875. The van der Waals surface area contributed by atoms with E-state index in [1.165, 1.54) is 11.0 Å². The first kappa shape index (κ1) is 27.0. The summed E-state index contributed by atoms with van der Waals surface area (Å²) < 4.78 is 27.7. The van der Waals surface area contributed by atoms with Crippen LogP contribution in [-0.4, -0.2) is 41.8 Å². The maximum absolute atomic E-state index is 13.8. The predicted octanol–water partition coefficient (Wildman–Crippen LogP) is 4.50. The Kier molecular flexibility index (Phi) is 8.90. The molecule has 6 nitrogen and oxygen atoms in total. The first-order chi connectivity index (χ1) is 15.8. The SMILES string of the molecule is CCN(CC(=O)Nc1c(F)cccc1F)C(=O)C(NC(=O)c1ccc(C(C)(C)C)cc1)C(C)C. The highest BCUT2D eigenvalue weighted by atomic mass is 19.1. The van der Waals surface area contributed by atoms with Crippen LogP contribution in [-0.2, 0) is 15.0 Å². The summed E-state index contributed by atoms with van der Waals surface area (Å²) in [7, 11) is 0. The number of likely N-dealkylation sites (N-methyl/N-ethyl adjacent to an activating group) is 1. The second-order valence-corrected chi connectivity index (χ2v) is 9.52. The molecule has 0 spiro atoms. The smallest absolute Gasteiger partial charge is 0.251 e. The molecule has 3 amide bonds. The van der Waals surface area contributed by atoms with Gasteiger partial charge in [-0.2, -0.15) is 0 Å². The van der Waals surface area contributed by atoms with E-state index in [1.54, 1.807) is 32.9 Å². The lowest BCUT2D eigenvalue weighted by molar-refractivity contribution is -0.137. The van der Waals surface area contributed by atoms with Gasteiger partial charge in [0, 0.05) is 12.1 Å². The molecule has 0 saturated heterocycles. The Hall–Kier alpha value is -3.29. The van der Waals surface area contributed by atoms with Gasteiger partial charge in [0.25, 0.3) is 5.91 Å². The number of amides is 3. The van der Waals surface area contributed by atoms with Crippen molar-refractivity contribution in [2.45, 2.75) is 53.0 Å². The molecule has 1 unspecified atom stereocenters. The van der Waals surface area contributed by atoms with Gasteiger partial charge in [0.05, 0.1) is 6.54 Å². The fourth-order valence-electron chi connectivity index (χ4n) is 3.37. The van der Waals surface area contributed by atoms with Crippen molar-refractivity contribution in [1.29, 1.82) is 0 Å². The number of benzene rings is 2. The monoisotopic (exact) mass is 473 g/mol. The third kappa shape index (κ3) is 6.85. The summed E-state index contributed by atoms with van der Waals surface area (Å²) in [5, 5.41) is 4.94. The van der Waals surface area contributed by atoms with E-state index in [2.05, 4.69) is 31.4 Å². The van der Waals surface area contributed by atoms with E-state index in [9.17, 15) is 23.2 Å². The summed E-state index contributed by atoms with van der Waals surface area (Å²) in [6.45, 7) is 11.2. The molecular weight excluding hydrogens is 440 g/mol. The largest absolute Gasteiger partial charge is 0.340 e. The summed E-state index contributed by atoms with van der Waals surface area (Å²) in [6.07, 6.45) is 0. The Morgan fingerprint density at radius 2 is 1.53 bits per heavy atom. The van der Waals surface area contributed by atoms with Gasteiger partial charge in [-0.1, -0.05) is 52.8 Å². The van der Waals surface area contributed by atoms with E-state index in [-0.39, 0.29) is 17.9 Å². The zero-order valence-corrected chi connectivity index (χ0v) is 20.5. The maximum atomic E-state index is 13.8. The molecular formula is C26H33F2N3O3. The minimum absolute atomic E-state index is 0.0563. The summed E-state index contributed by atoms with van der Waals surface area (Å²) in [5.74, 6) is -3.68. The third-order valence-corrected chi connectivity index (χ3v) is 5.49. The van der Waals surface area contributed by atoms with E-state index in [0.717, 1.165) is 17.7 Å². The molecule has 0 aliphatic heterocycles. The van der Waals surface area contributed by atoms with Crippen LogP contribution in [0.2, 0.25) is 0 Å². The van der Waals surface area contributed by atoms with Crippen LogP contribution in [0.3, 0.4) is 0 Å². The molecule has 184 valence electrons. The number of para-hydroxylation sites is 1. The second-order valence-electron chi connectivity index (χ2n) is 9.52. The number of nitrogens with zero attached hydrogens (tertiary/aromatic N) is 1. The Balaban J connectivity index is 2.11. The third-order valence-electron chi connectivity index (χ3n) is 5.49. The molecule has 0 aromatic heterocycles. The quantitative estimate of drug-likeness (QED) is 0.592. The molecule has 34 heavy (non-hydrogen) atoms. The van der Waals surface area contributed by atoms with Gasteiger partial charge in [0.15, 0.2) is 0 Å². The van der Waals surface area contributed by atoms with E-state index < -0.39 is 47.6 Å². The highest BCUT2D eigenvalue weighted by molar-refractivity contribution is 5.99. The first-order valence-corrected chi connectivity index (χ1v) is 11.3. The Morgan fingerprint density at radius 3 is 2.00 bits per heavy atom. The topological polar surface area (TPSA) is 78.5 Å². The standard InChI is InChI=1S/C26H33F2N3O3/c1-7-31(15-21(32)29-23-19(27)9-8-10-20(23)28)25(34)22(16(2)3)30-24(33)17-11-13-18(14-12-17)26(4,5)6/h8-14,16,22H,7,15H2,1-6H3,(H,29,32)(H,30,33). The summed E-state index contributed by atoms with van der Waals surface area (Å²) in [4.78, 5) is 39.7. The first-order valence-electron chi connectivity index (χ1n) is 11.3. The Morgan fingerprint density at radius 1 is 0.971 bits per heavy atom. The summed E-state index contributed by atoms with van der Waals surface area (Å²) in [6, 6.07) is 9.55. The van der Waals surface area contributed by atoms with Crippen molar-refractivity contribution in [2.75, 3.05) is 18.4 Å². The van der Waals surface area contributed by atoms with E-state index in [4.69, 9.17) is 0 Å². The molecule has 0 fully saturated rings. The molecule has 2 N–H and O–H groups in total. The molecule has 2 rings (SSSR count). The molecule has 0 bridgehead atoms. The average Bonchev–Trinajstić information content (AvgIpc) is 2.77. The van der Waals surface area contributed by atoms with Gasteiger partial charge in [-0.3, -0.25) is 14.4 Å². The Labute approximate surface area is 199 Å². The lowest BCUT2D eigenvalue weighted by atomic mass is 9.86. The highest BCUT2D eigenvalue weighted by Crippen LogP contribution is 2.22. The highest BCUT2D eigenvalue weighted by Gasteiger charge is 2.30. The zero-order valence-electron chi connectivity index (χ0n) is 20.5. The molecule has 0 radical (unpaired) electrons. The van der Waals surface area contributed by atoms with Gasteiger partial charge >= 0.3 is 0 Å². The predicted molar refractivity (Wildman–Crippen MR) is 128 cm³/mol. The maximum Gasteiger partial charge on any atom is 0.251 e. The van der Waals surface area contributed by atoms with Crippen LogP contribution in [0.4, 0.5) is 14.5 Å². The van der Waals surface area contributed by atoms with Gasteiger partial charge < -0.3 is 15.5 Å². The van der Waals surface area contributed by atoms with Gasteiger partial charge in [-0.25, -0.2) is 8.78 Å². The van der Waals surface area contributed by atoms with Crippen molar-refractivity contribution >= 4 is 23.4 Å². The molecule has 0 saturated carbocycles.